The number of benzene rings is 1. The molecule has 0 spiro atoms. The van der Waals surface area contributed by atoms with Crippen molar-refractivity contribution in [3.63, 3.8) is 0 Å². The van der Waals surface area contributed by atoms with Gasteiger partial charge in [0, 0.05) is 6.07 Å². The quantitative estimate of drug-likeness (QED) is 0.746. The molecule has 0 aliphatic heterocycles. The second-order valence-corrected chi connectivity index (χ2v) is 6.62. The molecule has 0 saturated carbocycles. The molecule has 2 rings (SSSR count). The fourth-order valence-corrected chi connectivity index (χ4v) is 2.34. The first kappa shape index (κ1) is 17.5. The van der Waals surface area contributed by atoms with E-state index in [1.165, 1.54) is 18.2 Å². The largest absolute Gasteiger partial charge is 0.452 e. The second kappa shape index (κ2) is 7.13. The molecule has 0 radical (unpaired) electrons. The lowest BCUT2D eigenvalue weighted by Gasteiger charge is -2.10. The molecule has 24 heavy (non-hydrogen) atoms. The maximum Gasteiger partial charge on any atom is 0.340 e. The van der Waals surface area contributed by atoms with Gasteiger partial charge in [-0.3, -0.25) is 9.52 Å². The summed E-state index contributed by atoms with van der Waals surface area (Å²) in [6.07, 6.45) is 0.961. The van der Waals surface area contributed by atoms with Gasteiger partial charge in [-0.05, 0) is 19.1 Å². The van der Waals surface area contributed by atoms with Gasteiger partial charge in [0.1, 0.15) is 5.76 Å². The highest BCUT2D eigenvalue weighted by Gasteiger charge is 2.16. The Morgan fingerprint density at radius 3 is 2.62 bits per heavy atom. The number of aryl methyl sites for hydroxylation is 1. The number of amides is 1. The SMILES string of the molecule is Cc1cc(NC(=O)COC(=O)c2ccccc2NS(C)(=O)=O)no1. The smallest absolute Gasteiger partial charge is 0.340 e. The highest BCUT2D eigenvalue weighted by molar-refractivity contribution is 7.92. The van der Waals surface area contributed by atoms with Crippen LogP contribution in [0, 0.1) is 6.92 Å². The monoisotopic (exact) mass is 353 g/mol. The van der Waals surface area contributed by atoms with Crippen LogP contribution in [0.25, 0.3) is 0 Å². The molecule has 2 N–H and O–H groups in total. The third kappa shape index (κ3) is 5.09. The van der Waals surface area contributed by atoms with E-state index in [1.807, 2.05) is 0 Å². The van der Waals surface area contributed by atoms with Gasteiger partial charge in [-0.2, -0.15) is 0 Å². The molecule has 1 aromatic heterocycles. The second-order valence-electron chi connectivity index (χ2n) is 4.87. The third-order valence-electron chi connectivity index (χ3n) is 2.67. The molecule has 1 heterocycles. The van der Waals surface area contributed by atoms with Crippen molar-refractivity contribution in [3.05, 3.63) is 41.7 Å². The first-order chi connectivity index (χ1) is 11.2. The molecular formula is C14H15N3O6S. The van der Waals surface area contributed by atoms with Crippen LogP contribution in [-0.4, -0.2) is 38.3 Å². The van der Waals surface area contributed by atoms with Gasteiger partial charge >= 0.3 is 5.97 Å². The molecule has 1 amide bonds. The molecule has 9 nitrogen and oxygen atoms in total. The molecule has 0 fully saturated rings. The highest BCUT2D eigenvalue weighted by atomic mass is 32.2. The van der Waals surface area contributed by atoms with Crippen LogP contribution in [-0.2, 0) is 19.6 Å². The fraction of sp³-hybridized carbons (Fsp3) is 0.214. The molecule has 0 aliphatic rings. The third-order valence-corrected chi connectivity index (χ3v) is 3.26. The number of nitrogens with one attached hydrogen (secondary N) is 2. The van der Waals surface area contributed by atoms with Gasteiger partial charge in [-0.25, -0.2) is 13.2 Å². The van der Waals surface area contributed by atoms with Gasteiger partial charge in [0.2, 0.25) is 10.0 Å². The number of anilines is 2. The summed E-state index contributed by atoms with van der Waals surface area (Å²) in [5.41, 5.74) is 0.0607. The topological polar surface area (TPSA) is 128 Å². The normalized spacial score (nSPS) is 10.9. The number of aromatic nitrogens is 1. The van der Waals surface area contributed by atoms with Crippen molar-refractivity contribution >= 4 is 33.4 Å². The minimum absolute atomic E-state index is 0.00648. The lowest BCUT2D eigenvalue weighted by molar-refractivity contribution is -0.119. The van der Waals surface area contributed by atoms with Crippen LogP contribution in [0.3, 0.4) is 0 Å². The van der Waals surface area contributed by atoms with E-state index in [1.54, 1.807) is 19.1 Å². The predicted octanol–water partition coefficient (Wildman–Crippen LogP) is 1.15. The van der Waals surface area contributed by atoms with E-state index < -0.39 is 28.5 Å². The van der Waals surface area contributed by atoms with E-state index in [4.69, 9.17) is 9.26 Å². The molecule has 0 saturated heterocycles. The van der Waals surface area contributed by atoms with Gasteiger partial charge in [0.05, 0.1) is 17.5 Å². The molecule has 0 unspecified atom stereocenters. The highest BCUT2D eigenvalue weighted by Crippen LogP contribution is 2.17. The minimum atomic E-state index is -3.56. The predicted molar refractivity (Wildman–Crippen MR) is 85.1 cm³/mol. The van der Waals surface area contributed by atoms with Crippen molar-refractivity contribution in [1.82, 2.24) is 5.16 Å². The summed E-state index contributed by atoms with van der Waals surface area (Å²) in [6, 6.07) is 7.40. The standard InChI is InChI=1S/C14H15N3O6S/c1-9-7-12(16-23-9)15-13(18)8-22-14(19)10-5-3-4-6-11(10)17-24(2,20)21/h3-7,17H,8H2,1-2H3,(H,15,16,18). The molecular weight excluding hydrogens is 338 g/mol. The molecule has 0 aliphatic carbocycles. The number of carbonyl (C=O) groups is 2. The van der Waals surface area contributed by atoms with E-state index in [0.717, 1.165) is 6.26 Å². The molecule has 128 valence electrons. The van der Waals surface area contributed by atoms with Gasteiger partial charge in [-0.1, -0.05) is 17.3 Å². The van der Waals surface area contributed by atoms with E-state index in [0.29, 0.717) is 5.76 Å². The summed E-state index contributed by atoms with van der Waals surface area (Å²) in [7, 11) is -3.56. The fourth-order valence-electron chi connectivity index (χ4n) is 1.76. The van der Waals surface area contributed by atoms with E-state index >= 15 is 0 Å². The Balaban J connectivity index is 1.98. The first-order valence-electron chi connectivity index (χ1n) is 6.72. The first-order valence-corrected chi connectivity index (χ1v) is 8.61. The number of carbonyl (C=O) groups excluding carboxylic acids is 2. The summed E-state index contributed by atoms with van der Waals surface area (Å²) >= 11 is 0. The summed E-state index contributed by atoms with van der Waals surface area (Å²) in [5, 5.41) is 5.96. The number of ether oxygens (including phenoxy) is 1. The summed E-state index contributed by atoms with van der Waals surface area (Å²) in [4.78, 5) is 23.7. The Morgan fingerprint density at radius 2 is 2.00 bits per heavy atom. The van der Waals surface area contributed by atoms with Crippen molar-refractivity contribution in [2.45, 2.75) is 6.92 Å². The number of para-hydroxylation sites is 1. The van der Waals surface area contributed by atoms with Crippen molar-refractivity contribution in [2.24, 2.45) is 0 Å². The Bertz CT molecular complexity index is 859. The Kier molecular flexibility index (Phi) is 5.19. The van der Waals surface area contributed by atoms with Crippen molar-refractivity contribution in [2.75, 3.05) is 22.9 Å². The molecule has 10 heteroatoms. The summed E-state index contributed by atoms with van der Waals surface area (Å²) < 4.78 is 34.5. The molecule has 2 aromatic rings. The Labute approximate surface area is 138 Å². The summed E-state index contributed by atoms with van der Waals surface area (Å²) in [6.45, 7) is 1.10. The van der Waals surface area contributed by atoms with Crippen LogP contribution in [0.1, 0.15) is 16.1 Å². The zero-order chi connectivity index (χ0) is 17.7. The van der Waals surface area contributed by atoms with Gasteiger partial charge in [0.25, 0.3) is 5.91 Å². The van der Waals surface area contributed by atoms with E-state index in [-0.39, 0.29) is 17.1 Å². The van der Waals surface area contributed by atoms with Crippen LogP contribution in [0.4, 0.5) is 11.5 Å². The Morgan fingerprint density at radius 1 is 1.29 bits per heavy atom. The zero-order valence-electron chi connectivity index (χ0n) is 12.9. The van der Waals surface area contributed by atoms with Gasteiger partial charge in [0.15, 0.2) is 12.4 Å². The van der Waals surface area contributed by atoms with Crippen molar-refractivity contribution in [3.8, 4) is 0 Å². The van der Waals surface area contributed by atoms with Crippen molar-refractivity contribution in [1.29, 1.82) is 0 Å². The van der Waals surface area contributed by atoms with Gasteiger partial charge in [-0.15, -0.1) is 0 Å². The maximum atomic E-state index is 12.0. The molecule has 0 bridgehead atoms. The zero-order valence-corrected chi connectivity index (χ0v) is 13.7. The number of sulfonamides is 1. The number of nitrogens with zero attached hydrogens (tertiary/aromatic N) is 1. The lowest BCUT2D eigenvalue weighted by atomic mass is 10.2. The number of hydrogen-bond donors (Lipinski definition) is 2. The average molecular weight is 353 g/mol. The number of esters is 1. The van der Waals surface area contributed by atoms with Gasteiger partial charge < -0.3 is 14.6 Å². The number of hydrogen-bond acceptors (Lipinski definition) is 7. The van der Waals surface area contributed by atoms with Crippen LogP contribution >= 0.6 is 0 Å². The lowest BCUT2D eigenvalue weighted by Crippen LogP contribution is -2.22. The van der Waals surface area contributed by atoms with Crippen LogP contribution < -0.4 is 10.0 Å². The maximum absolute atomic E-state index is 12.0. The number of rotatable bonds is 6. The van der Waals surface area contributed by atoms with Crippen LogP contribution in [0.5, 0.6) is 0 Å². The minimum Gasteiger partial charge on any atom is -0.452 e. The Hall–Kier alpha value is -2.88. The van der Waals surface area contributed by atoms with Crippen LogP contribution in [0.15, 0.2) is 34.9 Å². The van der Waals surface area contributed by atoms with Crippen LogP contribution in [0.2, 0.25) is 0 Å². The molecule has 0 atom stereocenters. The summed E-state index contributed by atoms with van der Waals surface area (Å²) in [5.74, 6) is -0.728. The van der Waals surface area contributed by atoms with E-state index in [2.05, 4.69) is 15.2 Å². The average Bonchev–Trinajstić information content (AvgIpc) is 2.89. The molecule has 1 aromatic carbocycles. The van der Waals surface area contributed by atoms with E-state index in [9.17, 15) is 18.0 Å². The van der Waals surface area contributed by atoms with Crippen molar-refractivity contribution < 1.29 is 27.3 Å².